The number of carbonyl (C=O) groups excluding carboxylic acids is 1. The second-order valence-corrected chi connectivity index (χ2v) is 6.22. The van der Waals surface area contributed by atoms with Crippen molar-refractivity contribution in [1.29, 1.82) is 0 Å². The second-order valence-electron chi connectivity index (χ2n) is 6.22. The number of guanidine groups is 1. The molecule has 0 aromatic rings. The first kappa shape index (κ1) is 18.5. The third-order valence-electron chi connectivity index (χ3n) is 4.69. The average molecular weight is 408 g/mol. The van der Waals surface area contributed by atoms with Crippen LogP contribution in [0.15, 0.2) is 4.99 Å². The lowest BCUT2D eigenvalue weighted by Crippen LogP contribution is -2.38. The summed E-state index contributed by atoms with van der Waals surface area (Å²) in [6.45, 7) is 2.89. The summed E-state index contributed by atoms with van der Waals surface area (Å²) < 4.78 is 0. The van der Waals surface area contributed by atoms with E-state index in [-0.39, 0.29) is 35.8 Å². The largest absolute Gasteiger partial charge is 0.370 e. The molecule has 2 aliphatic rings. The molecule has 0 aromatic heterocycles. The van der Waals surface area contributed by atoms with E-state index in [2.05, 4.69) is 9.89 Å². The van der Waals surface area contributed by atoms with Crippen LogP contribution in [0.4, 0.5) is 0 Å². The maximum absolute atomic E-state index is 11.1. The topological polar surface area (TPSA) is 84.7 Å². The Morgan fingerprint density at radius 2 is 1.57 bits per heavy atom. The summed E-state index contributed by atoms with van der Waals surface area (Å²) in [4.78, 5) is 17.9. The van der Waals surface area contributed by atoms with Crippen LogP contribution < -0.4 is 11.5 Å². The van der Waals surface area contributed by atoms with Gasteiger partial charge in [0.15, 0.2) is 5.96 Å². The Kier molecular flexibility index (Phi) is 8.36. The minimum Gasteiger partial charge on any atom is -0.370 e. The average Bonchev–Trinajstić information content (AvgIpc) is 2.74. The first-order valence-corrected chi connectivity index (χ1v) is 8.01. The molecule has 21 heavy (non-hydrogen) atoms. The van der Waals surface area contributed by atoms with Crippen LogP contribution in [-0.4, -0.2) is 36.4 Å². The number of rotatable bonds is 3. The van der Waals surface area contributed by atoms with Crippen LogP contribution in [-0.2, 0) is 4.79 Å². The maximum Gasteiger partial charge on any atom is 0.220 e. The number of nitrogens with zero attached hydrogens (tertiary/aromatic N) is 2. The molecule has 2 fully saturated rings. The zero-order valence-electron chi connectivity index (χ0n) is 12.8. The summed E-state index contributed by atoms with van der Waals surface area (Å²) in [5.74, 6) is 1.22. The van der Waals surface area contributed by atoms with E-state index in [1.807, 2.05) is 0 Å². The highest BCUT2D eigenvalue weighted by atomic mass is 127. The number of amides is 1. The van der Waals surface area contributed by atoms with E-state index in [0.717, 1.165) is 45.3 Å². The van der Waals surface area contributed by atoms with Crippen molar-refractivity contribution >= 4 is 35.8 Å². The van der Waals surface area contributed by atoms with Gasteiger partial charge in [-0.15, -0.1) is 24.0 Å². The second kappa shape index (κ2) is 9.48. The summed E-state index contributed by atoms with van der Waals surface area (Å²) in [6, 6.07) is 0. The third-order valence-corrected chi connectivity index (χ3v) is 4.69. The molecule has 0 unspecified atom stereocenters. The van der Waals surface area contributed by atoms with E-state index in [4.69, 9.17) is 11.5 Å². The smallest absolute Gasteiger partial charge is 0.220 e. The van der Waals surface area contributed by atoms with Gasteiger partial charge in [-0.3, -0.25) is 9.79 Å². The van der Waals surface area contributed by atoms with Gasteiger partial charge in [0.2, 0.25) is 5.91 Å². The lowest BCUT2D eigenvalue weighted by atomic mass is 9.82. The van der Waals surface area contributed by atoms with Gasteiger partial charge < -0.3 is 16.4 Å². The SMILES string of the molecule is I.NC(=O)C1CCC(CN=C(N)N2CCCCCC2)CC1. The minimum absolute atomic E-state index is 0. The molecule has 4 N–H and O–H groups in total. The fourth-order valence-corrected chi connectivity index (χ4v) is 3.25. The van der Waals surface area contributed by atoms with E-state index in [1.165, 1.54) is 25.7 Å². The molecule has 1 heterocycles. The molecule has 1 aliphatic carbocycles. The van der Waals surface area contributed by atoms with Crippen molar-refractivity contribution < 1.29 is 4.79 Å². The third kappa shape index (κ3) is 6.00. The van der Waals surface area contributed by atoms with Gasteiger partial charge in [0, 0.05) is 25.6 Å². The predicted molar refractivity (Wildman–Crippen MR) is 96.6 cm³/mol. The minimum atomic E-state index is -0.143. The fourth-order valence-electron chi connectivity index (χ4n) is 3.25. The lowest BCUT2D eigenvalue weighted by molar-refractivity contribution is -0.122. The Bertz CT molecular complexity index is 346. The molecule has 5 nitrogen and oxygen atoms in total. The van der Waals surface area contributed by atoms with Gasteiger partial charge in [-0.2, -0.15) is 0 Å². The molecule has 1 saturated heterocycles. The Labute approximate surface area is 144 Å². The molecule has 0 aromatic carbocycles. The summed E-state index contributed by atoms with van der Waals surface area (Å²) in [5.41, 5.74) is 11.5. The zero-order valence-corrected chi connectivity index (χ0v) is 15.1. The molecule has 0 spiro atoms. The van der Waals surface area contributed by atoms with Gasteiger partial charge in [0.1, 0.15) is 0 Å². The predicted octanol–water partition coefficient (Wildman–Crippen LogP) is 2.09. The van der Waals surface area contributed by atoms with Crippen molar-refractivity contribution in [3.05, 3.63) is 0 Å². The summed E-state index contributed by atoms with van der Waals surface area (Å²) in [6.07, 6.45) is 8.98. The van der Waals surface area contributed by atoms with Gasteiger partial charge in [-0.05, 0) is 44.4 Å². The molecule has 0 atom stereocenters. The number of hydrogen-bond acceptors (Lipinski definition) is 2. The maximum atomic E-state index is 11.1. The van der Waals surface area contributed by atoms with E-state index in [1.54, 1.807) is 0 Å². The van der Waals surface area contributed by atoms with Crippen molar-refractivity contribution in [2.75, 3.05) is 19.6 Å². The molecule has 1 saturated carbocycles. The molecule has 0 bridgehead atoms. The van der Waals surface area contributed by atoms with Crippen LogP contribution in [0.1, 0.15) is 51.4 Å². The number of aliphatic imine (C=N–C) groups is 1. The van der Waals surface area contributed by atoms with Crippen LogP contribution in [0.3, 0.4) is 0 Å². The molecular formula is C15H29IN4O. The van der Waals surface area contributed by atoms with Crippen molar-refractivity contribution in [3.63, 3.8) is 0 Å². The monoisotopic (exact) mass is 408 g/mol. The molecule has 1 amide bonds. The van der Waals surface area contributed by atoms with Crippen molar-refractivity contribution in [2.24, 2.45) is 28.3 Å². The Balaban J connectivity index is 0.00000220. The highest BCUT2D eigenvalue weighted by Gasteiger charge is 2.24. The zero-order chi connectivity index (χ0) is 14.4. The quantitative estimate of drug-likeness (QED) is 0.426. The summed E-state index contributed by atoms with van der Waals surface area (Å²) in [5, 5.41) is 0. The number of nitrogens with two attached hydrogens (primary N) is 2. The van der Waals surface area contributed by atoms with E-state index < -0.39 is 0 Å². The van der Waals surface area contributed by atoms with Gasteiger partial charge in [-0.25, -0.2) is 0 Å². The van der Waals surface area contributed by atoms with Crippen molar-refractivity contribution in [2.45, 2.75) is 51.4 Å². The number of carbonyl (C=O) groups is 1. The van der Waals surface area contributed by atoms with Crippen LogP contribution in [0.2, 0.25) is 0 Å². The van der Waals surface area contributed by atoms with Gasteiger partial charge in [-0.1, -0.05) is 12.8 Å². The van der Waals surface area contributed by atoms with Crippen molar-refractivity contribution in [1.82, 2.24) is 4.90 Å². The number of halogens is 1. The van der Waals surface area contributed by atoms with Gasteiger partial charge in [0.25, 0.3) is 0 Å². The first-order chi connectivity index (χ1) is 9.66. The van der Waals surface area contributed by atoms with Crippen LogP contribution in [0.25, 0.3) is 0 Å². The Morgan fingerprint density at radius 1 is 1.00 bits per heavy atom. The van der Waals surface area contributed by atoms with Crippen molar-refractivity contribution in [3.8, 4) is 0 Å². The fraction of sp³-hybridized carbons (Fsp3) is 0.867. The standard InChI is InChI=1S/C15H28N4O.HI/c16-14(20)13-7-5-12(6-8-13)11-18-15(17)19-9-3-1-2-4-10-19;/h12-13H,1-11H2,(H2,16,20)(H2,17,18);1H. The molecule has 122 valence electrons. The molecular weight excluding hydrogens is 379 g/mol. The number of primary amides is 1. The molecule has 2 rings (SSSR count). The van der Waals surface area contributed by atoms with E-state index >= 15 is 0 Å². The summed E-state index contributed by atoms with van der Waals surface area (Å²) in [7, 11) is 0. The highest BCUT2D eigenvalue weighted by Crippen LogP contribution is 2.28. The molecule has 1 aliphatic heterocycles. The molecule has 0 radical (unpaired) electrons. The van der Waals surface area contributed by atoms with E-state index in [0.29, 0.717) is 11.9 Å². The van der Waals surface area contributed by atoms with Crippen LogP contribution >= 0.6 is 24.0 Å². The summed E-state index contributed by atoms with van der Waals surface area (Å²) >= 11 is 0. The number of likely N-dealkylation sites (tertiary alicyclic amines) is 1. The van der Waals surface area contributed by atoms with E-state index in [9.17, 15) is 4.79 Å². The number of hydrogen-bond donors (Lipinski definition) is 2. The van der Waals surface area contributed by atoms with Crippen LogP contribution in [0, 0.1) is 11.8 Å². The lowest BCUT2D eigenvalue weighted by Gasteiger charge is -2.26. The van der Waals surface area contributed by atoms with Gasteiger partial charge >= 0.3 is 0 Å². The normalized spacial score (nSPS) is 27.6. The Hall–Kier alpha value is -0.530. The first-order valence-electron chi connectivity index (χ1n) is 8.01. The molecule has 6 heteroatoms. The highest BCUT2D eigenvalue weighted by molar-refractivity contribution is 14.0. The Morgan fingerprint density at radius 3 is 2.10 bits per heavy atom. The van der Waals surface area contributed by atoms with Crippen LogP contribution in [0.5, 0.6) is 0 Å². The van der Waals surface area contributed by atoms with Gasteiger partial charge in [0.05, 0.1) is 0 Å².